The van der Waals surface area contributed by atoms with Crippen LogP contribution in [-0.2, 0) is 28.5 Å². The second-order valence-corrected chi connectivity index (χ2v) is 11.6. The Morgan fingerprint density at radius 2 is 1.48 bits per heavy atom. The predicted molar refractivity (Wildman–Crippen MR) is 140 cm³/mol. The van der Waals surface area contributed by atoms with E-state index >= 15 is 0 Å². The highest BCUT2D eigenvalue weighted by Crippen LogP contribution is 2.81. The van der Waals surface area contributed by atoms with Crippen LogP contribution in [-0.4, -0.2) is 99.1 Å². The van der Waals surface area contributed by atoms with E-state index in [1.807, 2.05) is 0 Å². The Balaban J connectivity index is 1.25. The highest BCUT2D eigenvalue weighted by molar-refractivity contribution is 5.92. The lowest BCUT2D eigenvalue weighted by Gasteiger charge is -2.77. The van der Waals surface area contributed by atoms with Gasteiger partial charge in [-0.05, 0) is 31.2 Å². The van der Waals surface area contributed by atoms with Crippen LogP contribution in [0.25, 0.3) is 0 Å². The third-order valence-corrected chi connectivity index (χ3v) is 9.52. The molecule has 0 spiro atoms. The maximum Gasteiger partial charge on any atom is 0.338 e. The van der Waals surface area contributed by atoms with Crippen LogP contribution in [0.3, 0.4) is 0 Å². The molecular weight excluding hydrogens is 552 g/mol. The second-order valence-electron chi connectivity index (χ2n) is 11.6. The Labute approximate surface area is 240 Å². The number of hydrogen-bond acceptors (Lipinski definition) is 12. The van der Waals surface area contributed by atoms with E-state index in [1.165, 1.54) is 12.1 Å². The molecule has 2 saturated heterocycles. The molecule has 0 bridgehead atoms. The van der Waals surface area contributed by atoms with Gasteiger partial charge >= 0.3 is 17.9 Å². The first kappa shape index (κ1) is 28.7. The van der Waals surface area contributed by atoms with Crippen LogP contribution >= 0.6 is 0 Å². The summed E-state index contributed by atoms with van der Waals surface area (Å²) in [6.07, 6.45) is -8.29. The average molecular weight is 585 g/mol. The summed E-state index contributed by atoms with van der Waals surface area (Å²) in [6.45, 7) is 2.18. The second kappa shape index (κ2) is 9.83. The van der Waals surface area contributed by atoms with Crippen LogP contribution in [0.5, 0.6) is 0 Å². The fourth-order valence-corrected chi connectivity index (χ4v) is 7.38. The van der Waals surface area contributed by atoms with E-state index in [0.29, 0.717) is 0 Å². The standard InChI is InChI=1S/C30H32O12/c1-16-28(15-39-24(35)18-11-7-4-8-12-18)26(36)42-27(2)14-29(16,37)30(27,28)41-25-22(33)21(32)20(31)19(40-25)13-38-23(34)17-9-5-3-6-10-17/h3-12,16,19-22,25,31-33,37H,13-15H2,1-2H3/t16-,19-,20-,21+,22-,25+,27+,28?,29+,30+/m1/s1. The maximum atomic E-state index is 13.5. The number of ether oxygens (including phenoxy) is 5. The van der Waals surface area contributed by atoms with Gasteiger partial charge in [0.05, 0.1) is 11.1 Å². The van der Waals surface area contributed by atoms with Gasteiger partial charge in [-0.3, -0.25) is 4.79 Å². The number of esters is 3. The molecule has 6 rings (SSSR count). The van der Waals surface area contributed by atoms with E-state index in [0.717, 1.165) is 0 Å². The SMILES string of the molecule is C[C@@H]1C2(COC(=O)c3ccccc3)C(=O)O[C@@]3(C)C[C@@]1(O)[C@@]23O[C@@H]1O[C@H](COC(=O)c2ccccc2)[C@@H](O)[C@H](O)[C@H]1O. The molecule has 0 aromatic heterocycles. The number of carbonyl (C=O) groups excluding carboxylic acids is 3. The van der Waals surface area contributed by atoms with Gasteiger partial charge in [-0.2, -0.15) is 0 Å². The molecule has 10 atom stereocenters. The van der Waals surface area contributed by atoms with Crippen LogP contribution in [0, 0.1) is 11.3 Å². The first-order valence-electron chi connectivity index (χ1n) is 13.7. The van der Waals surface area contributed by atoms with Crippen molar-refractivity contribution >= 4 is 17.9 Å². The van der Waals surface area contributed by atoms with Gasteiger partial charge in [0.1, 0.15) is 54.2 Å². The summed E-state index contributed by atoms with van der Waals surface area (Å²) < 4.78 is 28.6. The summed E-state index contributed by atoms with van der Waals surface area (Å²) in [5.41, 5.74) is -6.01. The monoisotopic (exact) mass is 584 g/mol. The van der Waals surface area contributed by atoms with Crippen LogP contribution in [0.2, 0.25) is 0 Å². The van der Waals surface area contributed by atoms with Gasteiger partial charge in [0.2, 0.25) is 0 Å². The molecule has 1 unspecified atom stereocenters. The topological polar surface area (TPSA) is 178 Å². The summed E-state index contributed by atoms with van der Waals surface area (Å²) in [6, 6.07) is 16.3. The van der Waals surface area contributed by atoms with Crippen molar-refractivity contribution in [2.45, 2.75) is 67.8 Å². The van der Waals surface area contributed by atoms with E-state index < -0.39 is 90.0 Å². The molecule has 4 aliphatic rings. The molecule has 2 heterocycles. The largest absolute Gasteiger partial charge is 0.461 e. The molecule has 4 N–H and O–H groups in total. The van der Waals surface area contributed by atoms with Gasteiger partial charge in [-0.25, -0.2) is 9.59 Å². The third-order valence-electron chi connectivity index (χ3n) is 9.52. The van der Waals surface area contributed by atoms with Gasteiger partial charge in [0, 0.05) is 12.3 Å². The van der Waals surface area contributed by atoms with E-state index in [2.05, 4.69) is 0 Å². The lowest BCUT2D eigenvalue weighted by Crippen LogP contribution is -2.95. The fourth-order valence-electron chi connectivity index (χ4n) is 7.38. The highest BCUT2D eigenvalue weighted by atomic mass is 16.7. The molecule has 224 valence electrons. The minimum Gasteiger partial charge on any atom is -0.461 e. The lowest BCUT2D eigenvalue weighted by molar-refractivity contribution is -0.474. The highest BCUT2D eigenvalue weighted by Gasteiger charge is 3.00. The summed E-state index contributed by atoms with van der Waals surface area (Å²) in [4.78, 5) is 38.7. The molecular formula is C30H32O12. The van der Waals surface area contributed by atoms with Crippen LogP contribution in [0.4, 0.5) is 0 Å². The van der Waals surface area contributed by atoms with Crippen molar-refractivity contribution in [2.75, 3.05) is 13.2 Å². The zero-order chi connectivity index (χ0) is 30.1. The summed E-state index contributed by atoms with van der Waals surface area (Å²) in [5, 5.41) is 43.8. The first-order chi connectivity index (χ1) is 19.9. The van der Waals surface area contributed by atoms with Crippen LogP contribution in [0.1, 0.15) is 41.0 Å². The van der Waals surface area contributed by atoms with E-state index in [4.69, 9.17) is 23.7 Å². The average Bonchev–Trinajstić information content (AvgIpc) is 3.08. The minimum absolute atomic E-state index is 0.00734. The van der Waals surface area contributed by atoms with E-state index in [-0.39, 0.29) is 17.5 Å². The Morgan fingerprint density at radius 1 is 0.905 bits per heavy atom. The predicted octanol–water partition coefficient (Wildman–Crippen LogP) is 0.350. The van der Waals surface area contributed by atoms with Gasteiger partial charge in [-0.15, -0.1) is 0 Å². The molecule has 0 radical (unpaired) electrons. The molecule has 12 nitrogen and oxygen atoms in total. The van der Waals surface area contributed by atoms with Gasteiger partial charge < -0.3 is 44.1 Å². The summed E-state index contributed by atoms with van der Waals surface area (Å²) >= 11 is 0. The Bertz CT molecular complexity index is 1390. The molecule has 2 aromatic carbocycles. The minimum atomic E-state index is -1.83. The first-order valence-corrected chi connectivity index (χ1v) is 13.7. The van der Waals surface area contributed by atoms with Crippen LogP contribution < -0.4 is 0 Å². The molecule has 42 heavy (non-hydrogen) atoms. The number of hydrogen-bond donors (Lipinski definition) is 4. The zero-order valence-electron chi connectivity index (χ0n) is 22.9. The van der Waals surface area contributed by atoms with Crippen molar-refractivity contribution in [3.63, 3.8) is 0 Å². The van der Waals surface area contributed by atoms with Crippen molar-refractivity contribution in [1.82, 2.24) is 0 Å². The number of aliphatic hydroxyl groups is 4. The fraction of sp³-hybridized carbons (Fsp3) is 0.500. The maximum absolute atomic E-state index is 13.5. The Hall–Kier alpha value is -3.39. The van der Waals surface area contributed by atoms with Crippen LogP contribution in [0.15, 0.2) is 60.7 Å². The molecule has 2 aliphatic carbocycles. The quantitative estimate of drug-likeness (QED) is 0.248. The van der Waals surface area contributed by atoms with Crippen molar-refractivity contribution in [3.8, 4) is 0 Å². The molecule has 0 amide bonds. The number of rotatable bonds is 8. The molecule has 2 saturated carbocycles. The van der Waals surface area contributed by atoms with Gasteiger partial charge in [-0.1, -0.05) is 43.3 Å². The normalized spacial score (nSPS) is 41.5. The molecule has 4 fully saturated rings. The Morgan fingerprint density at radius 3 is 2.07 bits per heavy atom. The van der Waals surface area contributed by atoms with Crippen molar-refractivity contribution in [3.05, 3.63) is 71.8 Å². The number of carbonyl (C=O) groups is 3. The zero-order valence-corrected chi connectivity index (χ0v) is 22.9. The van der Waals surface area contributed by atoms with Crippen molar-refractivity contribution in [2.24, 2.45) is 11.3 Å². The number of benzene rings is 2. The van der Waals surface area contributed by atoms with Gasteiger partial charge in [0.15, 0.2) is 11.9 Å². The van der Waals surface area contributed by atoms with Crippen molar-refractivity contribution < 1.29 is 58.5 Å². The smallest absolute Gasteiger partial charge is 0.338 e. The number of aliphatic hydroxyl groups excluding tert-OH is 3. The molecule has 12 heteroatoms. The summed E-state index contributed by atoms with van der Waals surface area (Å²) in [7, 11) is 0. The van der Waals surface area contributed by atoms with Gasteiger partial charge in [0.25, 0.3) is 0 Å². The third kappa shape index (κ3) is 3.66. The Kier molecular flexibility index (Phi) is 6.72. The lowest BCUT2D eigenvalue weighted by atomic mass is 9.30. The van der Waals surface area contributed by atoms with E-state index in [9.17, 15) is 34.8 Å². The summed E-state index contributed by atoms with van der Waals surface area (Å²) in [5.74, 6) is -2.93. The van der Waals surface area contributed by atoms with Crippen molar-refractivity contribution in [1.29, 1.82) is 0 Å². The molecule has 2 aromatic rings. The molecule has 2 aliphatic heterocycles. The van der Waals surface area contributed by atoms with E-state index in [1.54, 1.807) is 62.4 Å².